The number of anilines is 2. The summed E-state index contributed by atoms with van der Waals surface area (Å²) in [5.74, 6) is -0.823. The molecule has 2 aromatic heterocycles. The molecule has 0 radical (unpaired) electrons. The van der Waals surface area contributed by atoms with Crippen molar-refractivity contribution in [1.82, 2.24) is 9.13 Å². The van der Waals surface area contributed by atoms with Gasteiger partial charge in [0, 0.05) is 56.4 Å². The lowest BCUT2D eigenvalue weighted by Crippen LogP contribution is -2.16. The highest BCUT2D eigenvalue weighted by atomic mass is 35.5. The number of halogens is 4. The van der Waals surface area contributed by atoms with Gasteiger partial charge in [-0.3, -0.25) is 4.79 Å². The summed E-state index contributed by atoms with van der Waals surface area (Å²) >= 11 is 26.0. The maximum atomic E-state index is 14.2. The number of nitrogen functional groups attached to an aromatic ring is 2. The largest absolute Gasteiger partial charge is 0.399 e. The molecule has 0 fully saturated rings. The van der Waals surface area contributed by atoms with Crippen LogP contribution in [0.1, 0.15) is 36.8 Å². The summed E-state index contributed by atoms with van der Waals surface area (Å²) in [6.07, 6.45) is 3.93. The molecule has 5 nitrogen and oxygen atoms in total. The lowest BCUT2D eigenvalue weighted by atomic mass is 9.85. The Morgan fingerprint density at radius 1 is 0.619 bits per heavy atom. The summed E-state index contributed by atoms with van der Waals surface area (Å²) in [5, 5.41) is 4.00. The van der Waals surface area contributed by atoms with Crippen molar-refractivity contribution in [2.75, 3.05) is 11.5 Å². The minimum Gasteiger partial charge on any atom is -0.399 e. The normalized spacial score (nSPS) is 13.1. The van der Waals surface area contributed by atoms with E-state index in [0.29, 0.717) is 31.5 Å². The van der Waals surface area contributed by atoms with Gasteiger partial charge < -0.3 is 20.6 Å². The molecule has 4 aromatic carbocycles. The Bertz CT molecular complexity index is 1880. The fourth-order valence-electron chi connectivity index (χ4n) is 5.66. The van der Waals surface area contributed by atoms with Crippen molar-refractivity contribution in [2.45, 2.75) is 25.7 Å². The Balaban J connectivity index is 1.45. The number of nitrogens with two attached hydrogens (primary N) is 2. The fraction of sp³-hybridized carbons (Fsp3) is 0.121. The monoisotopic (exact) mass is 634 g/mol. The topological polar surface area (TPSA) is 79.0 Å². The molecular formula is C33H26Cl4N4O. The van der Waals surface area contributed by atoms with Crippen LogP contribution in [0.2, 0.25) is 20.1 Å². The van der Waals surface area contributed by atoms with Crippen molar-refractivity contribution in [3.63, 3.8) is 0 Å². The first-order valence-electron chi connectivity index (χ1n) is 13.3. The van der Waals surface area contributed by atoms with Crippen LogP contribution in [0.5, 0.6) is 0 Å². The van der Waals surface area contributed by atoms with E-state index >= 15 is 0 Å². The first-order chi connectivity index (χ1) is 20.0. The van der Waals surface area contributed by atoms with E-state index in [9.17, 15) is 4.79 Å². The van der Waals surface area contributed by atoms with Gasteiger partial charge in [-0.1, -0.05) is 72.4 Å². The van der Waals surface area contributed by atoms with Gasteiger partial charge in [-0.25, -0.2) is 0 Å². The van der Waals surface area contributed by atoms with E-state index in [1.807, 2.05) is 83.9 Å². The van der Waals surface area contributed by atoms with Crippen LogP contribution in [0.3, 0.4) is 0 Å². The molecule has 6 aromatic rings. The molecule has 0 amide bonds. The Labute approximate surface area is 263 Å². The summed E-state index contributed by atoms with van der Waals surface area (Å²) in [4.78, 5) is 14.2. The summed E-state index contributed by atoms with van der Waals surface area (Å²) in [5.41, 5.74) is 18.0. The standard InChI is InChI=1S/C33H26Cl4N4O/c1-17(25-15-40(29-9-5-21(38)13-27(29)36)31-11-19(34)3-7-23(25)31)33(42)18(2)26-16-41(30-10-6-22(39)14-28(30)37)32-12-20(35)4-8-24(26)32/h3-18H,38-39H2,1-2H3. The highest BCUT2D eigenvalue weighted by molar-refractivity contribution is 6.33. The summed E-state index contributed by atoms with van der Waals surface area (Å²) in [6.45, 7) is 3.87. The van der Waals surface area contributed by atoms with Gasteiger partial charge in [0.15, 0.2) is 0 Å². The second-order valence-corrected chi connectivity index (χ2v) is 12.2. The number of carbonyl (C=O) groups excluding carboxylic acids is 1. The minimum absolute atomic E-state index is 0.0600. The van der Waals surface area contributed by atoms with Gasteiger partial charge in [-0.2, -0.15) is 0 Å². The van der Waals surface area contributed by atoms with Crippen LogP contribution >= 0.6 is 46.4 Å². The molecule has 4 N–H and O–H groups in total. The van der Waals surface area contributed by atoms with Gasteiger partial charge in [0.2, 0.25) is 0 Å². The van der Waals surface area contributed by atoms with E-state index in [1.54, 1.807) is 24.3 Å². The maximum Gasteiger partial charge on any atom is 0.147 e. The molecular weight excluding hydrogens is 610 g/mol. The van der Waals surface area contributed by atoms with Gasteiger partial charge in [0.05, 0.1) is 32.5 Å². The van der Waals surface area contributed by atoms with Gasteiger partial charge in [0.1, 0.15) is 5.78 Å². The predicted octanol–water partition coefficient (Wildman–Crippen LogP) is 9.83. The first kappa shape index (κ1) is 28.5. The number of Topliss-reactive ketones (excluding diaryl/α,β-unsaturated/α-hetero) is 1. The highest BCUT2D eigenvalue weighted by Crippen LogP contribution is 2.39. The maximum absolute atomic E-state index is 14.2. The third-order valence-corrected chi connectivity index (χ3v) is 8.92. The van der Waals surface area contributed by atoms with Crippen LogP contribution in [0, 0.1) is 0 Å². The molecule has 6 rings (SSSR count). The van der Waals surface area contributed by atoms with Crippen molar-refractivity contribution >= 4 is 85.4 Å². The Morgan fingerprint density at radius 3 is 1.40 bits per heavy atom. The molecule has 42 heavy (non-hydrogen) atoms. The second kappa shape index (κ2) is 10.9. The van der Waals surface area contributed by atoms with E-state index in [0.717, 1.165) is 44.3 Å². The zero-order valence-corrected chi connectivity index (χ0v) is 25.7. The average molecular weight is 636 g/mol. The SMILES string of the molecule is CC(C(=O)C(C)c1cn(-c2ccc(N)cc2Cl)c2cc(Cl)ccc12)c1cn(-c2ccc(N)cc2Cl)c2cc(Cl)ccc12. The van der Waals surface area contributed by atoms with Crippen LogP contribution in [0.25, 0.3) is 33.2 Å². The Hall–Kier alpha value is -3.61. The van der Waals surface area contributed by atoms with Crippen LogP contribution in [-0.4, -0.2) is 14.9 Å². The number of hydrogen-bond acceptors (Lipinski definition) is 3. The predicted molar refractivity (Wildman–Crippen MR) is 177 cm³/mol. The van der Waals surface area contributed by atoms with Crippen LogP contribution in [-0.2, 0) is 4.79 Å². The molecule has 0 aliphatic heterocycles. The number of rotatable bonds is 6. The van der Waals surface area contributed by atoms with Crippen molar-refractivity contribution in [2.24, 2.45) is 0 Å². The van der Waals surface area contributed by atoms with Crippen molar-refractivity contribution in [3.8, 4) is 11.4 Å². The van der Waals surface area contributed by atoms with Gasteiger partial charge in [-0.05, 0) is 71.8 Å². The van der Waals surface area contributed by atoms with Gasteiger partial charge >= 0.3 is 0 Å². The number of benzene rings is 4. The van der Waals surface area contributed by atoms with Crippen molar-refractivity contribution in [3.05, 3.63) is 116 Å². The zero-order chi connectivity index (χ0) is 29.9. The highest BCUT2D eigenvalue weighted by Gasteiger charge is 2.29. The van der Waals surface area contributed by atoms with Crippen molar-refractivity contribution in [1.29, 1.82) is 0 Å². The number of aromatic nitrogens is 2. The molecule has 212 valence electrons. The van der Waals surface area contributed by atoms with Crippen molar-refractivity contribution < 1.29 is 4.79 Å². The zero-order valence-electron chi connectivity index (χ0n) is 22.7. The fourth-order valence-corrected chi connectivity index (χ4v) is 6.55. The van der Waals surface area contributed by atoms with E-state index in [4.69, 9.17) is 57.9 Å². The van der Waals surface area contributed by atoms with Crippen LogP contribution in [0.15, 0.2) is 85.2 Å². The van der Waals surface area contributed by atoms with Gasteiger partial charge in [0.25, 0.3) is 0 Å². The number of fused-ring (bicyclic) bond motifs is 2. The molecule has 0 bridgehead atoms. The van der Waals surface area contributed by atoms with E-state index in [1.165, 1.54) is 0 Å². The molecule has 2 unspecified atom stereocenters. The number of nitrogens with zero attached hydrogens (tertiary/aromatic N) is 2. The van der Waals surface area contributed by atoms with Crippen LogP contribution in [0.4, 0.5) is 11.4 Å². The third-order valence-electron chi connectivity index (χ3n) is 7.85. The molecule has 9 heteroatoms. The molecule has 0 saturated heterocycles. The number of carbonyl (C=O) groups is 1. The molecule has 0 saturated carbocycles. The average Bonchev–Trinajstić information content (AvgIpc) is 3.50. The smallest absolute Gasteiger partial charge is 0.147 e. The molecule has 0 aliphatic rings. The molecule has 2 heterocycles. The van der Waals surface area contributed by atoms with Crippen LogP contribution < -0.4 is 11.5 Å². The Kier molecular flexibility index (Phi) is 7.40. The quantitative estimate of drug-likeness (QED) is 0.179. The number of hydrogen-bond donors (Lipinski definition) is 2. The first-order valence-corrected chi connectivity index (χ1v) is 14.8. The van der Waals surface area contributed by atoms with E-state index in [-0.39, 0.29) is 5.78 Å². The third kappa shape index (κ3) is 4.91. The molecule has 0 spiro atoms. The van der Waals surface area contributed by atoms with E-state index in [2.05, 4.69) is 0 Å². The second-order valence-electron chi connectivity index (χ2n) is 10.5. The summed E-state index contributed by atoms with van der Waals surface area (Å²) in [7, 11) is 0. The molecule has 2 atom stereocenters. The summed E-state index contributed by atoms with van der Waals surface area (Å²) < 4.78 is 3.92. The lowest BCUT2D eigenvalue weighted by Gasteiger charge is -2.16. The number of ketones is 1. The summed E-state index contributed by atoms with van der Waals surface area (Å²) in [6, 6.07) is 22.0. The minimum atomic E-state index is -0.441. The van der Waals surface area contributed by atoms with Gasteiger partial charge in [-0.15, -0.1) is 0 Å². The Morgan fingerprint density at radius 2 is 1.02 bits per heavy atom. The molecule has 0 aliphatic carbocycles. The lowest BCUT2D eigenvalue weighted by molar-refractivity contribution is -0.121. The van der Waals surface area contributed by atoms with E-state index < -0.39 is 11.8 Å².